The first-order valence-corrected chi connectivity index (χ1v) is 5.74. The molecule has 3 heteroatoms. The highest BCUT2D eigenvalue weighted by Crippen LogP contribution is 2.30. The summed E-state index contributed by atoms with van der Waals surface area (Å²) in [6.45, 7) is 0.0492. The van der Waals surface area contributed by atoms with E-state index >= 15 is 0 Å². The summed E-state index contributed by atoms with van der Waals surface area (Å²) in [5.41, 5.74) is 2.04. The number of hydrogen-bond donors (Lipinski definition) is 1. The van der Waals surface area contributed by atoms with Crippen molar-refractivity contribution >= 4 is 11.6 Å². The van der Waals surface area contributed by atoms with Gasteiger partial charge in [-0.3, -0.25) is 0 Å². The first-order valence-electron chi connectivity index (χ1n) is 5.36. The van der Waals surface area contributed by atoms with Gasteiger partial charge in [-0.15, -0.1) is 0 Å². The van der Waals surface area contributed by atoms with Gasteiger partial charge >= 0.3 is 0 Å². The first-order chi connectivity index (χ1) is 8.22. The minimum absolute atomic E-state index is 0.0492. The lowest BCUT2D eigenvalue weighted by Crippen LogP contribution is -1.93. The summed E-state index contributed by atoms with van der Waals surface area (Å²) < 4.78 is 13.8. The van der Waals surface area contributed by atoms with Crippen LogP contribution in [0.1, 0.15) is 5.56 Å². The van der Waals surface area contributed by atoms with Crippen molar-refractivity contribution in [2.24, 2.45) is 0 Å². The molecule has 0 aliphatic rings. The number of benzene rings is 2. The molecule has 88 valence electrons. The minimum atomic E-state index is -0.306. The summed E-state index contributed by atoms with van der Waals surface area (Å²) in [6.07, 6.45) is 0.512. The average molecular weight is 251 g/mol. The minimum Gasteiger partial charge on any atom is -0.396 e. The fourth-order valence-electron chi connectivity index (χ4n) is 1.74. The Hall–Kier alpha value is -1.38. The van der Waals surface area contributed by atoms with Crippen LogP contribution in [0.2, 0.25) is 5.02 Å². The van der Waals surface area contributed by atoms with Crippen molar-refractivity contribution in [3.63, 3.8) is 0 Å². The molecule has 0 fully saturated rings. The molecule has 0 atom stereocenters. The van der Waals surface area contributed by atoms with Crippen molar-refractivity contribution in [2.45, 2.75) is 6.42 Å². The number of rotatable bonds is 3. The van der Waals surface area contributed by atoms with Crippen LogP contribution in [0.25, 0.3) is 11.1 Å². The van der Waals surface area contributed by atoms with Crippen LogP contribution in [-0.4, -0.2) is 11.7 Å². The van der Waals surface area contributed by atoms with Crippen molar-refractivity contribution in [3.05, 3.63) is 58.9 Å². The normalized spacial score (nSPS) is 10.5. The van der Waals surface area contributed by atoms with Crippen LogP contribution < -0.4 is 0 Å². The van der Waals surface area contributed by atoms with Gasteiger partial charge in [0.15, 0.2) is 0 Å². The van der Waals surface area contributed by atoms with E-state index in [1.54, 1.807) is 30.3 Å². The molecular weight excluding hydrogens is 239 g/mol. The van der Waals surface area contributed by atoms with Crippen LogP contribution >= 0.6 is 11.6 Å². The van der Waals surface area contributed by atoms with Crippen molar-refractivity contribution in [3.8, 4) is 11.1 Å². The lowest BCUT2D eigenvalue weighted by Gasteiger charge is -2.08. The van der Waals surface area contributed by atoms with Gasteiger partial charge in [0.25, 0.3) is 0 Å². The zero-order valence-electron chi connectivity index (χ0n) is 9.16. The Morgan fingerprint density at radius 1 is 1.06 bits per heavy atom. The summed E-state index contributed by atoms with van der Waals surface area (Å²) >= 11 is 6.04. The summed E-state index contributed by atoms with van der Waals surface area (Å²) in [5.74, 6) is -0.306. The quantitative estimate of drug-likeness (QED) is 0.881. The third kappa shape index (κ3) is 2.65. The highest BCUT2D eigenvalue weighted by Gasteiger charge is 2.09. The topological polar surface area (TPSA) is 20.2 Å². The Balaban J connectivity index is 2.51. The second-order valence-electron chi connectivity index (χ2n) is 3.77. The molecule has 0 heterocycles. The van der Waals surface area contributed by atoms with Gasteiger partial charge in [-0.2, -0.15) is 0 Å². The Bertz CT molecular complexity index is 525. The van der Waals surface area contributed by atoms with Gasteiger partial charge in [-0.25, -0.2) is 4.39 Å². The summed E-state index contributed by atoms with van der Waals surface area (Å²) in [4.78, 5) is 0. The lowest BCUT2D eigenvalue weighted by atomic mass is 10.0. The molecule has 0 bridgehead atoms. The smallest absolute Gasteiger partial charge is 0.131 e. The number of hydrogen-bond acceptors (Lipinski definition) is 1. The molecule has 2 aromatic rings. The Morgan fingerprint density at radius 2 is 1.82 bits per heavy atom. The molecule has 2 aromatic carbocycles. The van der Waals surface area contributed by atoms with Crippen molar-refractivity contribution in [1.82, 2.24) is 0 Å². The van der Waals surface area contributed by atoms with Gasteiger partial charge in [-0.05, 0) is 30.2 Å². The van der Waals surface area contributed by atoms with E-state index in [4.69, 9.17) is 16.7 Å². The molecule has 0 saturated carbocycles. The maximum absolute atomic E-state index is 13.8. The molecule has 2 rings (SSSR count). The van der Waals surface area contributed by atoms with Crippen LogP contribution in [0.4, 0.5) is 4.39 Å². The second kappa shape index (κ2) is 5.30. The number of aliphatic hydroxyl groups excluding tert-OH is 1. The van der Waals surface area contributed by atoms with E-state index < -0.39 is 0 Å². The first kappa shape index (κ1) is 12.1. The van der Waals surface area contributed by atoms with E-state index in [1.807, 2.05) is 6.07 Å². The Morgan fingerprint density at radius 3 is 2.53 bits per heavy atom. The second-order valence-corrected chi connectivity index (χ2v) is 4.17. The predicted octanol–water partition coefficient (Wildman–Crippen LogP) is 3.68. The summed E-state index contributed by atoms with van der Waals surface area (Å²) in [6, 6.07) is 11.9. The molecule has 0 unspecified atom stereocenters. The van der Waals surface area contributed by atoms with Crippen LogP contribution in [0.3, 0.4) is 0 Å². The van der Waals surface area contributed by atoms with Gasteiger partial charge in [0.2, 0.25) is 0 Å². The van der Waals surface area contributed by atoms with Gasteiger partial charge < -0.3 is 5.11 Å². The highest BCUT2D eigenvalue weighted by molar-refractivity contribution is 6.33. The maximum Gasteiger partial charge on any atom is 0.131 e. The zero-order valence-corrected chi connectivity index (χ0v) is 9.91. The molecule has 1 nitrogen and oxygen atoms in total. The van der Waals surface area contributed by atoms with Crippen LogP contribution in [-0.2, 0) is 6.42 Å². The third-order valence-electron chi connectivity index (χ3n) is 2.60. The zero-order chi connectivity index (χ0) is 12.3. The van der Waals surface area contributed by atoms with Crippen LogP contribution in [0.5, 0.6) is 0 Å². The van der Waals surface area contributed by atoms with Crippen LogP contribution in [0, 0.1) is 5.82 Å². The van der Waals surface area contributed by atoms with Gasteiger partial charge in [-0.1, -0.05) is 35.9 Å². The molecule has 1 N–H and O–H groups in total. The predicted molar refractivity (Wildman–Crippen MR) is 67.6 cm³/mol. The van der Waals surface area contributed by atoms with E-state index in [-0.39, 0.29) is 12.4 Å². The van der Waals surface area contributed by atoms with E-state index in [9.17, 15) is 4.39 Å². The molecule has 0 aromatic heterocycles. The van der Waals surface area contributed by atoms with E-state index in [0.29, 0.717) is 22.6 Å². The molecule has 0 aliphatic heterocycles. The monoisotopic (exact) mass is 250 g/mol. The Labute approximate surface area is 104 Å². The van der Waals surface area contributed by atoms with E-state index in [1.165, 1.54) is 6.07 Å². The van der Waals surface area contributed by atoms with Crippen molar-refractivity contribution < 1.29 is 9.50 Å². The molecule has 0 radical (unpaired) electrons. The third-order valence-corrected chi connectivity index (χ3v) is 2.92. The Kier molecular flexibility index (Phi) is 3.77. The number of aliphatic hydroxyl groups is 1. The van der Waals surface area contributed by atoms with E-state index in [2.05, 4.69) is 0 Å². The van der Waals surface area contributed by atoms with E-state index in [0.717, 1.165) is 5.56 Å². The lowest BCUT2D eigenvalue weighted by molar-refractivity contribution is 0.299. The average Bonchev–Trinajstić information content (AvgIpc) is 2.33. The molecule has 0 saturated heterocycles. The standard InChI is InChI=1S/C14H12ClFO/c15-13-4-2-1-3-11(13)12-9-10(7-8-17)5-6-14(12)16/h1-6,9,17H,7-8H2. The molecule has 0 amide bonds. The number of halogens is 2. The molecule has 0 aliphatic carbocycles. The molecular formula is C14H12ClFO. The van der Waals surface area contributed by atoms with Gasteiger partial charge in [0.05, 0.1) is 0 Å². The summed E-state index contributed by atoms with van der Waals surface area (Å²) in [7, 11) is 0. The fraction of sp³-hybridized carbons (Fsp3) is 0.143. The van der Waals surface area contributed by atoms with Gasteiger partial charge in [0.1, 0.15) is 5.82 Å². The summed E-state index contributed by atoms with van der Waals surface area (Å²) in [5, 5.41) is 9.41. The molecule has 0 spiro atoms. The molecule has 17 heavy (non-hydrogen) atoms. The van der Waals surface area contributed by atoms with Crippen molar-refractivity contribution in [2.75, 3.05) is 6.61 Å². The highest BCUT2D eigenvalue weighted by atomic mass is 35.5. The fourth-order valence-corrected chi connectivity index (χ4v) is 1.98. The van der Waals surface area contributed by atoms with Gasteiger partial charge in [0, 0.05) is 22.8 Å². The largest absolute Gasteiger partial charge is 0.396 e. The van der Waals surface area contributed by atoms with Crippen molar-refractivity contribution in [1.29, 1.82) is 0 Å². The SMILES string of the molecule is OCCc1ccc(F)c(-c2ccccc2Cl)c1. The maximum atomic E-state index is 13.8. The van der Waals surface area contributed by atoms with Crippen LogP contribution in [0.15, 0.2) is 42.5 Å².